The fourth-order valence-corrected chi connectivity index (χ4v) is 4.62. The zero-order valence-corrected chi connectivity index (χ0v) is 18.1. The van der Waals surface area contributed by atoms with E-state index >= 15 is 0 Å². The van der Waals surface area contributed by atoms with Crippen LogP contribution in [0.25, 0.3) is 5.57 Å². The third-order valence-electron chi connectivity index (χ3n) is 6.96. The predicted molar refractivity (Wildman–Crippen MR) is 119 cm³/mol. The smallest absolute Gasteiger partial charge is 0.309 e. The highest BCUT2D eigenvalue weighted by Crippen LogP contribution is 2.58. The van der Waals surface area contributed by atoms with Gasteiger partial charge in [-0.3, -0.25) is 4.79 Å². The third kappa shape index (κ3) is 5.04. The molecule has 1 atom stereocenters. The van der Waals surface area contributed by atoms with Gasteiger partial charge in [0.2, 0.25) is 0 Å². The van der Waals surface area contributed by atoms with E-state index in [1.54, 1.807) is 0 Å². The van der Waals surface area contributed by atoms with E-state index in [4.69, 9.17) is 11.2 Å². The molecule has 2 fully saturated rings. The Balaban J connectivity index is 1.64. The summed E-state index contributed by atoms with van der Waals surface area (Å²) in [7, 11) is 0. The fraction of sp³-hybridized carbons (Fsp3) is 0.577. The molecule has 1 unspecified atom stereocenters. The van der Waals surface area contributed by atoms with Crippen molar-refractivity contribution in [2.24, 2.45) is 16.7 Å². The topological polar surface area (TPSA) is 42.1 Å². The number of nitrogens with one attached hydrogen (secondary N) is 1. The normalized spacial score (nSPS) is 19.8. The number of aromatic nitrogens is 1. The molecule has 0 saturated heterocycles. The second-order valence-corrected chi connectivity index (χ2v) is 9.14. The van der Waals surface area contributed by atoms with Crippen LogP contribution < -0.4 is 0 Å². The highest BCUT2D eigenvalue weighted by atomic mass is 16.5. The summed E-state index contributed by atoms with van der Waals surface area (Å²) in [5.74, 6) is 2.75. The SMILES string of the molecule is C#CCC1(COC(=O)C(CCC)C2(CC/C(=C/C=C)c3cc[nH]c3C)CC2)CC1. The van der Waals surface area contributed by atoms with E-state index in [0.717, 1.165) is 57.8 Å². The van der Waals surface area contributed by atoms with Gasteiger partial charge in [-0.2, -0.15) is 0 Å². The van der Waals surface area contributed by atoms with Crippen molar-refractivity contribution in [3.63, 3.8) is 0 Å². The maximum atomic E-state index is 13.0. The zero-order chi connectivity index (χ0) is 20.9. The van der Waals surface area contributed by atoms with Crippen molar-refractivity contribution in [2.75, 3.05) is 6.61 Å². The Kier molecular flexibility index (Phi) is 6.73. The average molecular weight is 394 g/mol. The molecule has 2 aliphatic carbocycles. The number of H-pyrrole nitrogens is 1. The van der Waals surface area contributed by atoms with Gasteiger partial charge in [0.25, 0.3) is 0 Å². The van der Waals surface area contributed by atoms with Crippen molar-refractivity contribution in [2.45, 2.75) is 71.6 Å². The van der Waals surface area contributed by atoms with E-state index in [1.807, 2.05) is 12.3 Å². The quantitative estimate of drug-likeness (QED) is 0.260. The Morgan fingerprint density at radius 2 is 2.17 bits per heavy atom. The number of allylic oxidation sites excluding steroid dienone is 3. The van der Waals surface area contributed by atoms with Crippen molar-refractivity contribution in [3.8, 4) is 12.3 Å². The highest BCUT2D eigenvalue weighted by Gasteiger charge is 2.52. The van der Waals surface area contributed by atoms with Crippen molar-refractivity contribution in [1.29, 1.82) is 0 Å². The standard InChI is InChI=1S/C26H35NO2/c1-5-8-21(22-11-18-27-20(22)4)10-13-26(16-17-26)23(9-6-2)24(28)29-19-25(12-7-3)14-15-25/h3,5,8,11,18,23,27H,1,6,9-10,12-17,19H2,2,4H3/b21-8-. The van der Waals surface area contributed by atoms with Crippen LogP contribution in [0.1, 0.15) is 76.0 Å². The molecule has 2 saturated carbocycles. The lowest BCUT2D eigenvalue weighted by Crippen LogP contribution is -2.29. The molecule has 1 N–H and O–H groups in total. The molecule has 1 aromatic rings. The molecule has 3 nitrogen and oxygen atoms in total. The lowest BCUT2D eigenvalue weighted by atomic mass is 9.80. The molecule has 2 aliphatic rings. The largest absolute Gasteiger partial charge is 0.465 e. The van der Waals surface area contributed by atoms with Crippen LogP contribution >= 0.6 is 0 Å². The summed E-state index contributed by atoms with van der Waals surface area (Å²) < 4.78 is 5.84. The number of carbonyl (C=O) groups is 1. The van der Waals surface area contributed by atoms with Gasteiger partial charge in [0.05, 0.1) is 12.5 Å². The van der Waals surface area contributed by atoms with Crippen LogP contribution in [0.15, 0.2) is 31.0 Å². The highest BCUT2D eigenvalue weighted by molar-refractivity contribution is 5.74. The van der Waals surface area contributed by atoms with Gasteiger partial charge in [-0.15, -0.1) is 12.3 Å². The van der Waals surface area contributed by atoms with Crippen molar-refractivity contribution in [1.82, 2.24) is 4.98 Å². The van der Waals surface area contributed by atoms with Crippen molar-refractivity contribution in [3.05, 3.63) is 42.3 Å². The fourth-order valence-electron chi connectivity index (χ4n) is 4.62. The van der Waals surface area contributed by atoms with Gasteiger partial charge in [0.1, 0.15) is 0 Å². The first-order chi connectivity index (χ1) is 14.0. The molecule has 156 valence electrons. The molecular formula is C26H35NO2. The van der Waals surface area contributed by atoms with E-state index in [-0.39, 0.29) is 22.7 Å². The van der Waals surface area contributed by atoms with Gasteiger partial charge in [-0.1, -0.05) is 32.1 Å². The second kappa shape index (κ2) is 9.08. The summed E-state index contributed by atoms with van der Waals surface area (Å²) in [5, 5.41) is 0. The first kappa shape index (κ1) is 21.5. The Bertz CT molecular complexity index is 799. The molecule has 0 aromatic carbocycles. The maximum absolute atomic E-state index is 13.0. The van der Waals surface area contributed by atoms with Crippen molar-refractivity contribution >= 4 is 11.5 Å². The number of hydrogen-bond donors (Lipinski definition) is 1. The Labute approximate surface area is 176 Å². The molecular weight excluding hydrogens is 358 g/mol. The van der Waals surface area contributed by atoms with Crippen LogP contribution in [-0.4, -0.2) is 17.6 Å². The number of rotatable bonds is 12. The first-order valence-electron chi connectivity index (χ1n) is 11.1. The molecule has 0 aliphatic heterocycles. The maximum Gasteiger partial charge on any atom is 0.309 e. The molecule has 3 rings (SSSR count). The van der Waals surface area contributed by atoms with Crippen LogP contribution in [-0.2, 0) is 9.53 Å². The summed E-state index contributed by atoms with van der Waals surface area (Å²) in [6.07, 6.45) is 20.5. The van der Waals surface area contributed by atoms with Gasteiger partial charge >= 0.3 is 5.97 Å². The van der Waals surface area contributed by atoms with Crippen LogP contribution in [0.5, 0.6) is 0 Å². The summed E-state index contributed by atoms with van der Waals surface area (Å²) in [5.41, 5.74) is 3.89. The summed E-state index contributed by atoms with van der Waals surface area (Å²) in [4.78, 5) is 16.3. The van der Waals surface area contributed by atoms with Crippen LogP contribution in [0.2, 0.25) is 0 Å². The van der Waals surface area contributed by atoms with E-state index in [9.17, 15) is 4.79 Å². The lowest BCUT2D eigenvalue weighted by molar-refractivity contribution is -0.153. The zero-order valence-electron chi connectivity index (χ0n) is 18.1. The summed E-state index contributed by atoms with van der Waals surface area (Å²) >= 11 is 0. The van der Waals surface area contributed by atoms with Crippen molar-refractivity contribution < 1.29 is 9.53 Å². The summed E-state index contributed by atoms with van der Waals surface area (Å²) in [6, 6.07) is 2.13. The second-order valence-electron chi connectivity index (χ2n) is 9.14. The number of aryl methyl sites for hydroxylation is 1. The number of carbonyl (C=O) groups excluding carboxylic acids is 1. The molecule has 0 bridgehead atoms. The number of aromatic amines is 1. The molecule has 1 heterocycles. The minimum Gasteiger partial charge on any atom is -0.465 e. The van der Waals surface area contributed by atoms with Gasteiger partial charge in [-0.25, -0.2) is 0 Å². The lowest BCUT2D eigenvalue weighted by Gasteiger charge is -2.26. The number of ether oxygens (including phenoxy) is 1. The molecule has 0 radical (unpaired) electrons. The Morgan fingerprint density at radius 3 is 2.69 bits per heavy atom. The molecule has 29 heavy (non-hydrogen) atoms. The van der Waals surface area contributed by atoms with Gasteiger partial charge in [-0.05, 0) is 74.5 Å². The number of hydrogen-bond acceptors (Lipinski definition) is 2. The minimum absolute atomic E-state index is 0.000258. The van der Waals surface area contributed by atoms with Gasteiger partial charge < -0.3 is 9.72 Å². The first-order valence-corrected chi connectivity index (χ1v) is 11.1. The Hall–Kier alpha value is -2.21. The average Bonchev–Trinajstić information content (AvgIpc) is 3.62. The van der Waals surface area contributed by atoms with E-state index in [1.165, 1.54) is 16.8 Å². The molecule has 1 aromatic heterocycles. The number of esters is 1. The minimum atomic E-state index is -0.000258. The van der Waals surface area contributed by atoms with E-state index in [0.29, 0.717) is 6.61 Å². The molecule has 3 heteroatoms. The van der Waals surface area contributed by atoms with Gasteiger partial charge in [0, 0.05) is 23.7 Å². The van der Waals surface area contributed by atoms with Crippen LogP contribution in [0.4, 0.5) is 0 Å². The van der Waals surface area contributed by atoms with E-state index < -0.39 is 0 Å². The Morgan fingerprint density at radius 1 is 1.41 bits per heavy atom. The third-order valence-corrected chi connectivity index (χ3v) is 6.96. The molecule has 0 spiro atoms. The van der Waals surface area contributed by atoms with E-state index in [2.05, 4.69) is 43.5 Å². The monoisotopic (exact) mass is 393 g/mol. The van der Waals surface area contributed by atoms with Gasteiger partial charge in [0.15, 0.2) is 0 Å². The van der Waals surface area contributed by atoms with Crippen LogP contribution in [0.3, 0.4) is 0 Å². The number of terminal acetylenes is 1. The molecule has 0 amide bonds. The predicted octanol–water partition coefficient (Wildman–Crippen LogP) is 6.22. The summed E-state index contributed by atoms with van der Waals surface area (Å²) in [6.45, 7) is 8.64. The van der Waals surface area contributed by atoms with Crippen LogP contribution in [0, 0.1) is 36.0 Å².